The van der Waals surface area contributed by atoms with Gasteiger partial charge in [-0.3, -0.25) is 0 Å². The van der Waals surface area contributed by atoms with Gasteiger partial charge in [0.15, 0.2) is 5.82 Å². The number of hydrogen-bond donors (Lipinski definition) is 2. The van der Waals surface area contributed by atoms with E-state index in [1.165, 1.54) is 0 Å². The summed E-state index contributed by atoms with van der Waals surface area (Å²) in [6, 6.07) is 1.86. The Labute approximate surface area is 113 Å². The summed E-state index contributed by atoms with van der Waals surface area (Å²) in [6.07, 6.45) is 1.11. The summed E-state index contributed by atoms with van der Waals surface area (Å²) in [7, 11) is 3.36. The zero-order chi connectivity index (χ0) is 13.7. The highest BCUT2D eigenvalue weighted by Gasteiger charge is 2.24. The molecule has 2 rings (SSSR count). The van der Waals surface area contributed by atoms with E-state index in [0.717, 1.165) is 31.9 Å². The molecule has 2 heterocycles. The van der Waals surface area contributed by atoms with Crippen molar-refractivity contribution in [3.05, 3.63) is 11.9 Å². The third kappa shape index (κ3) is 3.52. The maximum Gasteiger partial charge on any atom is 0.158 e. The molecule has 0 saturated carbocycles. The highest BCUT2D eigenvalue weighted by atomic mass is 16.5. The molecule has 1 saturated heterocycles. The average Bonchev–Trinajstić information content (AvgIpc) is 2.88. The topological polar surface area (TPSA) is 85.5 Å². The van der Waals surface area contributed by atoms with Crippen LogP contribution < -0.4 is 16.2 Å². The number of ether oxygens (including phenoxy) is 2. The molecule has 0 aromatic carbocycles. The standard InChI is InChI=1S/C12H21N5O2/c1-18-7-9-3-4-17(6-9)12-5-10(16-13)14-11(15-12)8-19-2/h5,9H,3-4,6-8,13H2,1-2H3,(H,14,15,16). The number of methoxy groups -OCH3 is 2. The zero-order valence-corrected chi connectivity index (χ0v) is 11.4. The monoisotopic (exact) mass is 267 g/mol. The van der Waals surface area contributed by atoms with Crippen molar-refractivity contribution >= 4 is 11.6 Å². The van der Waals surface area contributed by atoms with Gasteiger partial charge in [0.25, 0.3) is 0 Å². The Balaban J connectivity index is 2.12. The Morgan fingerprint density at radius 2 is 2.26 bits per heavy atom. The lowest BCUT2D eigenvalue weighted by atomic mass is 10.1. The van der Waals surface area contributed by atoms with Gasteiger partial charge in [0.05, 0.1) is 6.61 Å². The minimum Gasteiger partial charge on any atom is -0.384 e. The van der Waals surface area contributed by atoms with Gasteiger partial charge in [0.2, 0.25) is 0 Å². The summed E-state index contributed by atoms with van der Waals surface area (Å²) in [6.45, 7) is 3.08. The van der Waals surface area contributed by atoms with Crippen LogP contribution in [0.2, 0.25) is 0 Å². The number of nitrogen functional groups attached to an aromatic ring is 1. The quantitative estimate of drug-likeness (QED) is 0.569. The van der Waals surface area contributed by atoms with E-state index in [2.05, 4.69) is 20.3 Å². The molecule has 1 aliphatic rings. The first kappa shape index (κ1) is 14.0. The predicted octanol–water partition coefficient (Wildman–Crippen LogP) is 0.381. The Kier molecular flexibility index (Phi) is 4.89. The molecule has 0 bridgehead atoms. The number of nitrogens with one attached hydrogen (secondary N) is 1. The molecule has 0 amide bonds. The summed E-state index contributed by atoms with van der Waals surface area (Å²) in [5, 5.41) is 0. The van der Waals surface area contributed by atoms with Crippen molar-refractivity contribution in [1.82, 2.24) is 9.97 Å². The number of anilines is 2. The van der Waals surface area contributed by atoms with Gasteiger partial charge in [0.1, 0.15) is 18.2 Å². The fraction of sp³-hybridized carbons (Fsp3) is 0.667. The van der Waals surface area contributed by atoms with Crippen molar-refractivity contribution in [2.75, 3.05) is 44.2 Å². The van der Waals surface area contributed by atoms with Crippen LogP contribution in [0.15, 0.2) is 6.07 Å². The Hall–Kier alpha value is -1.44. The number of hydrazine groups is 1. The molecule has 1 aromatic rings. The van der Waals surface area contributed by atoms with Gasteiger partial charge in [-0.2, -0.15) is 0 Å². The molecule has 7 heteroatoms. The maximum absolute atomic E-state index is 5.44. The molecule has 7 nitrogen and oxygen atoms in total. The van der Waals surface area contributed by atoms with Gasteiger partial charge in [-0.1, -0.05) is 0 Å². The van der Waals surface area contributed by atoms with Crippen LogP contribution in [0.25, 0.3) is 0 Å². The predicted molar refractivity (Wildman–Crippen MR) is 72.8 cm³/mol. The minimum atomic E-state index is 0.373. The summed E-state index contributed by atoms with van der Waals surface area (Å²) in [4.78, 5) is 11.0. The van der Waals surface area contributed by atoms with E-state index in [4.69, 9.17) is 15.3 Å². The average molecular weight is 267 g/mol. The number of rotatable bonds is 6. The maximum atomic E-state index is 5.44. The summed E-state index contributed by atoms with van der Waals surface area (Å²) >= 11 is 0. The molecule has 1 atom stereocenters. The highest BCUT2D eigenvalue weighted by molar-refractivity contribution is 5.49. The molecule has 1 aliphatic heterocycles. The van der Waals surface area contributed by atoms with Crippen LogP contribution in [0.3, 0.4) is 0 Å². The van der Waals surface area contributed by atoms with Crippen molar-refractivity contribution in [3.63, 3.8) is 0 Å². The molecule has 106 valence electrons. The lowest BCUT2D eigenvalue weighted by molar-refractivity contribution is 0.161. The van der Waals surface area contributed by atoms with Crippen LogP contribution in [-0.2, 0) is 16.1 Å². The number of aromatic nitrogens is 2. The minimum absolute atomic E-state index is 0.373. The van der Waals surface area contributed by atoms with Crippen molar-refractivity contribution in [3.8, 4) is 0 Å². The molecule has 1 aromatic heterocycles. The van der Waals surface area contributed by atoms with Gasteiger partial charge in [-0.25, -0.2) is 15.8 Å². The first-order chi connectivity index (χ1) is 9.26. The van der Waals surface area contributed by atoms with E-state index in [-0.39, 0.29) is 0 Å². The molecule has 3 N–H and O–H groups in total. The third-order valence-corrected chi connectivity index (χ3v) is 3.19. The van der Waals surface area contributed by atoms with E-state index in [1.54, 1.807) is 14.2 Å². The van der Waals surface area contributed by atoms with Crippen LogP contribution in [-0.4, -0.2) is 43.9 Å². The molecule has 1 fully saturated rings. The Morgan fingerprint density at radius 1 is 1.42 bits per heavy atom. The SMILES string of the molecule is COCc1nc(NN)cc(N2CCC(COC)C2)n1. The van der Waals surface area contributed by atoms with E-state index < -0.39 is 0 Å². The van der Waals surface area contributed by atoms with Gasteiger partial charge in [-0.15, -0.1) is 0 Å². The van der Waals surface area contributed by atoms with Crippen molar-refractivity contribution in [2.24, 2.45) is 11.8 Å². The second kappa shape index (κ2) is 6.65. The summed E-state index contributed by atoms with van der Waals surface area (Å²) in [5.41, 5.74) is 2.57. The lowest BCUT2D eigenvalue weighted by Crippen LogP contribution is -2.23. The molecule has 0 radical (unpaired) electrons. The van der Waals surface area contributed by atoms with E-state index in [9.17, 15) is 0 Å². The number of nitrogens with two attached hydrogens (primary N) is 1. The summed E-state index contributed by atoms with van der Waals surface area (Å²) < 4.78 is 10.3. The Bertz CT molecular complexity index is 415. The van der Waals surface area contributed by atoms with Crippen LogP contribution in [0.1, 0.15) is 12.2 Å². The first-order valence-electron chi connectivity index (χ1n) is 6.34. The van der Waals surface area contributed by atoms with E-state index in [0.29, 0.717) is 24.2 Å². The van der Waals surface area contributed by atoms with E-state index >= 15 is 0 Å². The normalized spacial score (nSPS) is 18.9. The second-order valence-electron chi connectivity index (χ2n) is 4.66. The second-order valence-corrected chi connectivity index (χ2v) is 4.66. The number of nitrogens with zero attached hydrogens (tertiary/aromatic N) is 3. The zero-order valence-electron chi connectivity index (χ0n) is 11.4. The molecule has 1 unspecified atom stereocenters. The largest absolute Gasteiger partial charge is 0.384 e. The van der Waals surface area contributed by atoms with Gasteiger partial charge < -0.3 is 19.8 Å². The van der Waals surface area contributed by atoms with Crippen LogP contribution in [0.5, 0.6) is 0 Å². The fourth-order valence-corrected chi connectivity index (χ4v) is 2.33. The van der Waals surface area contributed by atoms with Crippen LogP contribution in [0, 0.1) is 5.92 Å². The fourth-order valence-electron chi connectivity index (χ4n) is 2.33. The summed E-state index contributed by atoms with van der Waals surface area (Å²) in [5.74, 6) is 8.11. The van der Waals surface area contributed by atoms with E-state index in [1.807, 2.05) is 6.07 Å². The molecule has 19 heavy (non-hydrogen) atoms. The number of hydrogen-bond acceptors (Lipinski definition) is 7. The van der Waals surface area contributed by atoms with Gasteiger partial charge in [0, 0.05) is 39.3 Å². The third-order valence-electron chi connectivity index (χ3n) is 3.19. The van der Waals surface area contributed by atoms with Crippen molar-refractivity contribution in [1.29, 1.82) is 0 Å². The van der Waals surface area contributed by atoms with Gasteiger partial charge in [-0.05, 0) is 6.42 Å². The van der Waals surface area contributed by atoms with Crippen molar-refractivity contribution in [2.45, 2.75) is 13.0 Å². The molecule has 0 aliphatic carbocycles. The molecule has 0 spiro atoms. The van der Waals surface area contributed by atoms with Crippen LogP contribution in [0.4, 0.5) is 11.6 Å². The van der Waals surface area contributed by atoms with Crippen LogP contribution >= 0.6 is 0 Å². The van der Waals surface area contributed by atoms with Crippen molar-refractivity contribution < 1.29 is 9.47 Å². The van der Waals surface area contributed by atoms with Gasteiger partial charge >= 0.3 is 0 Å². The smallest absolute Gasteiger partial charge is 0.158 e. The molecular formula is C12H21N5O2. The first-order valence-corrected chi connectivity index (χ1v) is 6.34. The lowest BCUT2D eigenvalue weighted by Gasteiger charge is -2.18. The molecular weight excluding hydrogens is 246 g/mol. The highest BCUT2D eigenvalue weighted by Crippen LogP contribution is 2.24. The Morgan fingerprint density at radius 3 is 2.95 bits per heavy atom.